The van der Waals surface area contributed by atoms with Crippen LogP contribution >= 0.6 is 0 Å². The van der Waals surface area contributed by atoms with E-state index in [-0.39, 0.29) is 5.78 Å². The summed E-state index contributed by atoms with van der Waals surface area (Å²) in [6.45, 7) is 0. The van der Waals surface area contributed by atoms with Crippen molar-refractivity contribution < 1.29 is 4.79 Å². The van der Waals surface area contributed by atoms with E-state index >= 15 is 0 Å². The molecule has 0 bridgehead atoms. The lowest BCUT2D eigenvalue weighted by molar-refractivity contribution is 0.0851. The van der Waals surface area contributed by atoms with Crippen LogP contribution in [0.3, 0.4) is 0 Å². The number of hydrogen-bond acceptors (Lipinski definition) is 3. The van der Waals surface area contributed by atoms with Crippen molar-refractivity contribution in [2.24, 2.45) is 5.10 Å². The lowest BCUT2D eigenvalue weighted by Crippen LogP contribution is -2.54. The number of fused-ring (bicyclic) bond motifs is 3. The molecule has 3 aromatic rings. The third kappa shape index (κ3) is 1.55. The molecule has 120 valence electrons. The summed E-state index contributed by atoms with van der Waals surface area (Å²) in [5.41, 5.74) is 5.36. The number of hydrogen-bond donors (Lipinski definition) is 1. The summed E-state index contributed by atoms with van der Waals surface area (Å²) in [4.78, 5) is 13.6. The Balaban J connectivity index is 1.92. The topological polar surface area (TPSA) is 41.5 Å². The van der Waals surface area contributed by atoms with Crippen LogP contribution in [0.4, 0.5) is 0 Å². The first kappa shape index (κ1) is 14.2. The van der Waals surface area contributed by atoms with Crippen LogP contribution < -0.4 is 5.43 Å². The summed E-state index contributed by atoms with van der Waals surface area (Å²) in [5, 5.41) is 4.42. The molecule has 1 heterocycles. The van der Waals surface area contributed by atoms with Gasteiger partial charge in [0.25, 0.3) is 0 Å². The average molecular weight is 324 g/mol. The molecule has 2 aliphatic rings. The molecule has 0 amide bonds. The molecular weight excluding hydrogens is 308 g/mol. The van der Waals surface area contributed by atoms with Gasteiger partial charge in [-0.2, -0.15) is 5.10 Å². The summed E-state index contributed by atoms with van der Waals surface area (Å²) in [6, 6.07) is 28.0. The number of nitrogens with zero attached hydrogens (tertiary/aromatic N) is 1. The molecule has 1 N–H and O–H groups in total. The van der Waals surface area contributed by atoms with E-state index in [4.69, 9.17) is 0 Å². The third-order valence-electron chi connectivity index (χ3n) is 5.46. The van der Waals surface area contributed by atoms with E-state index in [1.165, 1.54) is 0 Å². The van der Waals surface area contributed by atoms with Crippen LogP contribution in [0, 0.1) is 0 Å². The van der Waals surface area contributed by atoms with Crippen molar-refractivity contribution in [1.82, 2.24) is 5.43 Å². The quantitative estimate of drug-likeness (QED) is 0.782. The monoisotopic (exact) mass is 324 g/mol. The highest BCUT2D eigenvalue weighted by Crippen LogP contribution is 2.56. The molecular formula is C22H16N2O. The molecule has 3 aromatic carbocycles. The predicted molar refractivity (Wildman–Crippen MR) is 97.7 cm³/mol. The molecule has 25 heavy (non-hydrogen) atoms. The number of ketones is 1. The molecule has 2 atom stereocenters. The largest absolute Gasteiger partial charge is 0.291 e. The summed E-state index contributed by atoms with van der Waals surface area (Å²) >= 11 is 0. The lowest BCUT2D eigenvalue weighted by atomic mass is 9.63. The Bertz CT molecular complexity index is 997. The fourth-order valence-corrected chi connectivity index (χ4v) is 4.40. The van der Waals surface area contributed by atoms with Gasteiger partial charge in [-0.3, -0.25) is 10.2 Å². The second-order valence-corrected chi connectivity index (χ2v) is 6.53. The fraction of sp³-hybridized carbons (Fsp3) is 0.0909. The van der Waals surface area contributed by atoms with Crippen LogP contribution in [-0.2, 0) is 11.0 Å². The number of hydrazone groups is 1. The Labute approximate surface area is 146 Å². The SMILES string of the molecule is O=C1c2ccccc2[C@]2(c3ccccc3)C=NN[C@@]12c1ccccc1. The van der Waals surface area contributed by atoms with Gasteiger partial charge in [0.1, 0.15) is 0 Å². The molecule has 0 fully saturated rings. The molecule has 0 saturated heterocycles. The van der Waals surface area contributed by atoms with E-state index in [0.717, 1.165) is 22.3 Å². The zero-order valence-electron chi connectivity index (χ0n) is 13.5. The second kappa shape index (κ2) is 4.90. The number of rotatable bonds is 2. The second-order valence-electron chi connectivity index (χ2n) is 6.53. The van der Waals surface area contributed by atoms with E-state index < -0.39 is 11.0 Å². The smallest absolute Gasteiger partial charge is 0.196 e. The molecule has 3 heteroatoms. The van der Waals surface area contributed by atoms with Gasteiger partial charge in [0.15, 0.2) is 11.3 Å². The Morgan fingerprint density at radius 2 is 1.32 bits per heavy atom. The van der Waals surface area contributed by atoms with Gasteiger partial charge in [0, 0.05) is 11.8 Å². The number of nitrogens with one attached hydrogen (secondary N) is 1. The Morgan fingerprint density at radius 3 is 2.04 bits per heavy atom. The van der Waals surface area contributed by atoms with Crippen LogP contribution in [0.5, 0.6) is 0 Å². The van der Waals surface area contributed by atoms with Crippen molar-refractivity contribution >= 4 is 12.0 Å². The Kier molecular flexibility index (Phi) is 2.78. The fourth-order valence-electron chi connectivity index (χ4n) is 4.40. The first-order chi connectivity index (χ1) is 12.3. The Hall–Kier alpha value is -3.20. The number of carbonyl (C=O) groups is 1. The van der Waals surface area contributed by atoms with Crippen molar-refractivity contribution in [2.45, 2.75) is 11.0 Å². The van der Waals surface area contributed by atoms with E-state index in [0.29, 0.717) is 0 Å². The highest BCUT2D eigenvalue weighted by atomic mass is 16.1. The van der Waals surface area contributed by atoms with Crippen molar-refractivity contribution in [3.63, 3.8) is 0 Å². The molecule has 1 aliphatic carbocycles. The highest BCUT2D eigenvalue weighted by molar-refractivity contribution is 6.16. The van der Waals surface area contributed by atoms with Crippen LogP contribution in [0.2, 0.25) is 0 Å². The van der Waals surface area contributed by atoms with E-state index in [9.17, 15) is 4.79 Å². The van der Waals surface area contributed by atoms with E-state index in [1.807, 2.05) is 79.0 Å². The van der Waals surface area contributed by atoms with Gasteiger partial charge in [-0.05, 0) is 16.7 Å². The molecule has 3 nitrogen and oxygen atoms in total. The number of Topliss-reactive ketones (excluding diaryl/α,β-unsaturated/α-hetero) is 1. The van der Waals surface area contributed by atoms with Gasteiger partial charge in [-0.15, -0.1) is 0 Å². The summed E-state index contributed by atoms with van der Waals surface area (Å²) in [6.07, 6.45) is 1.90. The summed E-state index contributed by atoms with van der Waals surface area (Å²) in [5.74, 6) is 0.0654. The zero-order chi connectivity index (χ0) is 16.9. The van der Waals surface area contributed by atoms with Crippen molar-refractivity contribution in [3.05, 3.63) is 107 Å². The van der Waals surface area contributed by atoms with Crippen molar-refractivity contribution in [3.8, 4) is 0 Å². The molecule has 0 aromatic heterocycles. The first-order valence-corrected chi connectivity index (χ1v) is 8.37. The van der Waals surface area contributed by atoms with Crippen molar-refractivity contribution in [1.29, 1.82) is 0 Å². The minimum atomic E-state index is -0.945. The standard InChI is InChI=1S/C22H16N2O/c25-20-18-13-7-8-14-19(18)21(16-9-3-1-4-10-16)15-23-24-22(20,21)17-11-5-2-6-12-17/h1-15,24H/t21-,22+/m1/s1. The maximum Gasteiger partial charge on any atom is 0.196 e. The molecule has 0 spiro atoms. The van der Waals surface area contributed by atoms with Crippen LogP contribution in [-0.4, -0.2) is 12.0 Å². The van der Waals surface area contributed by atoms with Gasteiger partial charge in [0.2, 0.25) is 0 Å². The summed E-state index contributed by atoms with van der Waals surface area (Å²) in [7, 11) is 0. The maximum atomic E-state index is 13.6. The molecule has 0 unspecified atom stereocenters. The molecule has 5 rings (SSSR count). The van der Waals surface area contributed by atoms with Gasteiger partial charge in [-0.1, -0.05) is 84.9 Å². The first-order valence-electron chi connectivity index (χ1n) is 8.37. The van der Waals surface area contributed by atoms with E-state index in [1.54, 1.807) is 0 Å². The molecule has 0 saturated carbocycles. The minimum Gasteiger partial charge on any atom is -0.291 e. The van der Waals surface area contributed by atoms with Gasteiger partial charge in [-0.25, -0.2) is 0 Å². The molecule has 1 aliphatic heterocycles. The highest BCUT2D eigenvalue weighted by Gasteiger charge is 2.66. The van der Waals surface area contributed by atoms with E-state index in [2.05, 4.69) is 22.7 Å². The predicted octanol–water partition coefficient (Wildman–Crippen LogP) is 3.65. The number of carbonyl (C=O) groups excluding carboxylic acids is 1. The summed E-state index contributed by atoms with van der Waals surface area (Å²) < 4.78 is 0. The normalized spacial score (nSPS) is 26.2. The maximum absolute atomic E-state index is 13.6. The average Bonchev–Trinajstić information content (AvgIpc) is 3.19. The van der Waals surface area contributed by atoms with Crippen molar-refractivity contribution in [2.75, 3.05) is 0 Å². The zero-order valence-corrected chi connectivity index (χ0v) is 13.5. The molecule has 0 radical (unpaired) electrons. The lowest BCUT2D eigenvalue weighted by Gasteiger charge is -2.38. The van der Waals surface area contributed by atoms with Gasteiger partial charge in [0.05, 0.1) is 5.41 Å². The van der Waals surface area contributed by atoms with Crippen LogP contribution in [0.15, 0.2) is 90.0 Å². The van der Waals surface area contributed by atoms with Gasteiger partial charge >= 0.3 is 0 Å². The van der Waals surface area contributed by atoms with Crippen LogP contribution in [0.25, 0.3) is 0 Å². The van der Waals surface area contributed by atoms with Crippen LogP contribution in [0.1, 0.15) is 27.0 Å². The number of benzene rings is 3. The van der Waals surface area contributed by atoms with Gasteiger partial charge < -0.3 is 0 Å². The third-order valence-corrected chi connectivity index (χ3v) is 5.46. The Morgan fingerprint density at radius 1 is 0.720 bits per heavy atom. The minimum absolute atomic E-state index is 0.0654.